The summed E-state index contributed by atoms with van der Waals surface area (Å²) in [5.41, 5.74) is 6.49. The molecule has 0 heterocycles. The number of benzene rings is 1. The number of unbranched alkanes of at least 4 members (excludes halogenated alkanes) is 8. The molecular weight excluding hydrogens is 750 g/mol. The van der Waals surface area contributed by atoms with Crippen LogP contribution in [0.2, 0.25) is 0 Å². The van der Waals surface area contributed by atoms with E-state index < -0.39 is 72.4 Å². The van der Waals surface area contributed by atoms with Crippen molar-refractivity contribution in [2.45, 2.75) is 128 Å². The lowest BCUT2D eigenvalue weighted by atomic mass is 9.96. The lowest BCUT2D eigenvalue weighted by Gasteiger charge is -2.28. The van der Waals surface area contributed by atoms with E-state index in [9.17, 15) is 54.6 Å². The fraction of sp³-hybridized carbons (Fsp3) is 0.649. The van der Waals surface area contributed by atoms with Gasteiger partial charge in [-0.05, 0) is 50.7 Å². The van der Waals surface area contributed by atoms with Gasteiger partial charge in [0.2, 0.25) is 18.3 Å². The Labute approximate surface area is 332 Å². The number of ether oxygens (including phenoxy) is 2. The highest BCUT2D eigenvalue weighted by Crippen LogP contribution is 2.20. The van der Waals surface area contributed by atoms with Gasteiger partial charge >= 0.3 is 11.9 Å². The first-order valence-electron chi connectivity index (χ1n) is 19.3. The normalized spacial score (nSPS) is 13.5. The number of nitrogens with zero attached hydrogens (tertiary/aromatic N) is 2. The first-order valence-corrected chi connectivity index (χ1v) is 19.3. The number of aromatic hydroxyl groups is 1. The van der Waals surface area contributed by atoms with E-state index in [-0.39, 0.29) is 62.9 Å². The Morgan fingerprint density at radius 2 is 1.42 bits per heavy atom. The predicted octanol–water partition coefficient (Wildman–Crippen LogP) is 1.85. The summed E-state index contributed by atoms with van der Waals surface area (Å²) in [6, 6.07) is 2.70. The molecule has 1 rings (SSSR count). The second-order valence-corrected chi connectivity index (χ2v) is 13.7. The van der Waals surface area contributed by atoms with Gasteiger partial charge < -0.3 is 36.1 Å². The molecule has 20 nitrogen and oxygen atoms in total. The van der Waals surface area contributed by atoms with Crippen molar-refractivity contribution in [2.75, 3.05) is 19.7 Å². The number of phenolic OH excluding ortho intramolecular Hbond substituents is 1. The Hall–Kier alpha value is -5.05. The SMILES string of the molecule is CCCCCCCCCCCC(OC(=O)C(CCCN(O)C=O)NC(=O)C(O)COC(=O)c1ccccc1O)C(C)C(=O)NC(CCCN(O)C(=N)N)C(=O)NO. The summed E-state index contributed by atoms with van der Waals surface area (Å²) in [6.45, 7) is 2.37. The highest BCUT2D eigenvalue weighted by atomic mass is 16.6. The minimum atomic E-state index is -1.97. The maximum Gasteiger partial charge on any atom is 0.342 e. The number of carbonyl (C=O) groups excluding carboxylic acids is 6. The van der Waals surface area contributed by atoms with Crippen molar-refractivity contribution in [3.63, 3.8) is 0 Å². The van der Waals surface area contributed by atoms with Crippen molar-refractivity contribution in [3.05, 3.63) is 29.8 Å². The van der Waals surface area contributed by atoms with Crippen molar-refractivity contribution >= 4 is 42.0 Å². The smallest absolute Gasteiger partial charge is 0.342 e. The number of guanidine groups is 1. The van der Waals surface area contributed by atoms with Crippen molar-refractivity contribution in [2.24, 2.45) is 11.7 Å². The maximum absolute atomic E-state index is 13.7. The number of hydrogen-bond donors (Lipinski definition) is 10. The summed E-state index contributed by atoms with van der Waals surface area (Å²) in [4.78, 5) is 75.9. The number of nitrogens with one attached hydrogen (secondary N) is 4. The van der Waals surface area contributed by atoms with Crippen LogP contribution in [0.1, 0.15) is 114 Å². The Bertz CT molecular complexity index is 1420. The minimum absolute atomic E-state index is 0.0283. The van der Waals surface area contributed by atoms with E-state index >= 15 is 0 Å². The van der Waals surface area contributed by atoms with E-state index in [1.54, 1.807) is 0 Å². The molecule has 1 aromatic carbocycles. The van der Waals surface area contributed by atoms with Gasteiger partial charge in [0.1, 0.15) is 36.1 Å². The Balaban J connectivity index is 3.16. The van der Waals surface area contributed by atoms with Gasteiger partial charge in [0.15, 0.2) is 6.10 Å². The van der Waals surface area contributed by atoms with Crippen LogP contribution in [0.4, 0.5) is 0 Å². The van der Waals surface area contributed by atoms with Gasteiger partial charge in [-0.25, -0.2) is 25.2 Å². The van der Waals surface area contributed by atoms with Crippen LogP contribution in [0.25, 0.3) is 0 Å². The Kier molecular flexibility index (Phi) is 24.9. The number of amides is 4. The van der Waals surface area contributed by atoms with Crippen LogP contribution in [-0.4, -0.2) is 122 Å². The van der Waals surface area contributed by atoms with Crippen LogP contribution < -0.4 is 21.8 Å². The molecule has 0 fully saturated rings. The summed E-state index contributed by atoms with van der Waals surface area (Å²) in [6.07, 6.45) is 5.89. The van der Waals surface area contributed by atoms with Gasteiger partial charge in [0, 0.05) is 13.1 Å². The summed E-state index contributed by atoms with van der Waals surface area (Å²) >= 11 is 0. The molecule has 5 atom stereocenters. The van der Waals surface area contributed by atoms with E-state index in [1.807, 2.05) is 0 Å². The lowest BCUT2D eigenvalue weighted by molar-refractivity contribution is -0.159. The number of carbonyl (C=O) groups is 6. The largest absolute Gasteiger partial charge is 0.507 e. The number of esters is 2. The number of rotatable bonds is 30. The summed E-state index contributed by atoms with van der Waals surface area (Å²) in [5.74, 6) is -6.96. The monoisotopic (exact) mass is 811 g/mol. The van der Waals surface area contributed by atoms with E-state index in [1.165, 1.54) is 43.1 Å². The zero-order valence-corrected chi connectivity index (χ0v) is 32.8. The van der Waals surface area contributed by atoms with Crippen molar-refractivity contribution in [3.8, 4) is 5.75 Å². The second kappa shape index (κ2) is 28.4. The van der Waals surface area contributed by atoms with Gasteiger partial charge in [-0.1, -0.05) is 77.3 Å². The zero-order chi connectivity index (χ0) is 42.8. The standard InChI is InChI=1S/C37H61N7O13/c1-3-4-5-6-7-8-9-10-11-20-31(25(2)32(48)40-27(33(49)42-53)17-15-22-44(55)37(38)39)57-36(52)28(18-14-21-43(54)24-45)41-34(50)30(47)23-56-35(51)26-16-12-13-19-29(26)46/h12-13,16,19,24-25,27-28,30-31,46-47,53-55H,3-11,14-15,17-18,20-23H2,1-2H3,(H3,38,39)(H,40,48)(H,41,50)(H,42,49). The van der Waals surface area contributed by atoms with Crippen LogP contribution in [0, 0.1) is 11.3 Å². The molecular formula is C37H61N7O13. The topological polar surface area (TPSA) is 314 Å². The number of nitrogens with two attached hydrogens (primary N) is 1. The number of aliphatic hydroxyl groups is 1. The molecule has 0 bridgehead atoms. The quantitative estimate of drug-likeness (QED) is 0.0101. The molecule has 0 radical (unpaired) electrons. The molecule has 0 aliphatic carbocycles. The second-order valence-electron chi connectivity index (χ2n) is 13.7. The molecule has 0 aliphatic rings. The van der Waals surface area contributed by atoms with Crippen LogP contribution in [0.5, 0.6) is 5.75 Å². The molecule has 0 saturated carbocycles. The third kappa shape index (κ3) is 20.1. The summed E-state index contributed by atoms with van der Waals surface area (Å²) in [7, 11) is 0. The minimum Gasteiger partial charge on any atom is -0.507 e. The van der Waals surface area contributed by atoms with Crippen LogP contribution in [-0.2, 0) is 33.4 Å². The molecule has 0 aromatic heterocycles. The highest BCUT2D eigenvalue weighted by molar-refractivity contribution is 5.93. The summed E-state index contributed by atoms with van der Waals surface area (Å²) < 4.78 is 10.8. The maximum atomic E-state index is 13.7. The van der Waals surface area contributed by atoms with Crippen LogP contribution in [0.3, 0.4) is 0 Å². The number of para-hydroxylation sites is 1. The molecule has 1 aromatic rings. The number of aliphatic hydroxyl groups excluding tert-OH is 1. The fourth-order valence-corrected chi connectivity index (χ4v) is 5.66. The van der Waals surface area contributed by atoms with Crippen LogP contribution >= 0.6 is 0 Å². The van der Waals surface area contributed by atoms with Crippen molar-refractivity contribution in [1.82, 2.24) is 26.2 Å². The van der Waals surface area contributed by atoms with Gasteiger partial charge in [-0.3, -0.25) is 40.2 Å². The number of hydroxylamine groups is 5. The summed E-state index contributed by atoms with van der Waals surface area (Å²) in [5, 5.41) is 61.8. The average Bonchev–Trinajstić information content (AvgIpc) is 3.19. The molecule has 5 unspecified atom stereocenters. The highest BCUT2D eigenvalue weighted by Gasteiger charge is 2.34. The molecule has 0 spiro atoms. The third-order valence-corrected chi connectivity index (χ3v) is 9.12. The van der Waals surface area contributed by atoms with E-state index in [0.717, 1.165) is 44.9 Å². The van der Waals surface area contributed by atoms with E-state index in [2.05, 4.69) is 17.6 Å². The van der Waals surface area contributed by atoms with Gasteiger partial charge in [-0.15, -0.1) is 0 Å². The predicted molar refractivity (Wildman–Crippen MR) is 203 cm³/mol. The Morgan fingerprint density at radius 3 is 2.02 bits per heavy atom. The molecule has 57 heavy (non-hydrogen) atoms. The van der Waals surface area contributed by atoms with Gasteiger partial charge in [-0.2, -0.15) is 0 Å². The lowest BCUT2D eigenvalue weighted by Crippen LogP contribution is -2.51. The first-order chi connectivity index (χ1) is 27.2. The third-order valence-electron chi connectivity index (χ3n) is 9.12. The van der Waals surface area contributed by atoms with Crippen molar-refractivity contribution in [1.29, 1.82) is 5.41 Å². The molecule has 4 amide bonds. The first kappa shape index (κ1) is 50.0. The molecule has 11 N–H and O–H groups in total. The number of hydrogen-bond acceptors (Lipinski definition) is 14. The Morgan fingerprint density at radius 1 is 0.842 bits per heavy atom. The van der Waals surface area contributed by atoms with Crippen LogP contribution in [0.15, 0.2) is 24.3 Å². The van der Waals surface area contributed by atoms with Gasteiger partial charge in [0.25, 0.3) is 11.8 Å². The molecule has 0 saturated heterocycles. The van der Waals surface area contributed by atoms with E-state index in [4.69, 9.17) is 20.6 Å². The number of phenols is 1. The van der Waals surface area contributed by atoms with Gasteiger partial charge in [0.05, 0.1) is 5.92 Å². The fourth-order valence-electron chi connectivity index (χ4n) is 5.66. The molecule has 0 aliphatic heterocycles. The molecule has 20 heteroatoms. The zero-order valence-electron chi connectivity index (χ0n) is 32.8. The molecule has 322 valence electrons. The van der Waals surface area contributed by atoms with Crippen molar-refractivity contribution < 1.29 is 64.1 Å². The average molecular weight is 812 g/mol. The van der Waals surface area contributed by atoms with E-state index in [0.29, 0.717) is 16.5 Å².